The minimum Gasteiger partial charge on any atom is -0.352 e. The van der Waals surface area contributed by atoms with Gasteiger partial charge in [-0.1, -0.05) is 23.2 Å². The first-order valence-electron chi connectivity index (χ1n) is 7.07. The summed E-state index contributed by atoms with van der Waals surface area (Å²) in [7, 11) is 3.24. The molecule has 0 atom stereocenters. The van der Waals surface area contributed by atoms with Crippen LogP contribution in [0.2, 0.25) is 10.0 Å². The van der Waals surface area contributed by atoms with E-state index in [2.05, 4.69) is 4.98 Å². The minimum atomic E-state index is -0.416. The zero-order valence-electron chi connectivity index (χ0n) is 12.8. The van der Waals surface area contributed by atoms with Crippen molar-refractivity contribution < 1.29 is 9.47 Å². The van der Waals surface area contributed by atoms with Gasteiger partial charge in [0, 0.05) is 47.3 Å². The van der Waals surface area contributed by atoms with Crippen LogP contribution in [-0.4, -0.2) is 32.0 Å². The van der Waals surface area contributed by atoms with Crippen LogP contribution in [0, 0.1) is 0 Å². The third kappa shape index (κ3) is 3.35. The normalized spacial score (nSPS) is 14.0. The summed E-state index contributed by atoms with van der Waals surface area (Å²) in [6.07, 6.45) is 3.39. The summed E-state index contributed by atoms with van der Waals surface area (Å²) in [5.74, 6) is 0.848. The molecule has 1 aromatic heterocycles. The highest BCUT2D eigenvalue weighted by molar-refractivity contribution is 6.35. The lowest BCUT2D eigenvalue weighted by Crippen LogP contribution is -2.31. The first-order valence-corrected chi connectivity index (χ1v) is 7.82. The maximum atomic E-state index is 6.15. The molecule has 0 radical (unpaired) electrons. The molecule has 0 saturated heterocycles. The summed E-state index contributed by atoms with van der Waals surface area (Å²) in [5.41, 5.74) is 2.86. The molecule has 3 rings (SSSR count). The average Bonchev–Trinajstić information content (AvgIpc) is 2.54. The standard InChI is InChI=1S/C17H16Cl2N2O2/c1-22-17(23-2)12-6-11-4-3-5-20-16(11)21(10-12)15-8-13(18)7-14(19)9-15/h3-9,17H,10H2,1-2H3. The van der Waals surface area contributed by atoms with Gasteiger partial charge in [0.1, 0.15) is 5.82 Å². The van der Waals surface area contributed by atoms with Gasteiger partial charge in [0.15, 0.2) is 6.29 Å². The average molecular weight is 351 g/mol. The van der Waals surface area contributed by atoms with Crippen LogP contribution in [0.15, 0.2) is 42.1 Å². The fraction of sp³-hybridized carbons (Fsp3) is 0.235. The van der Waals surface area contributed by atoms with E-state index in [1.165, 1.54) is 0 Å². The molecular formula is C17H16Cl2N2O2. The van der Waals surface area contributed by atoms with E-state index in [0.717, 1.165) is 22.6 Å². The molecule has 120 valence electrons. The highest BCUT2D eigenvalue weighted by Gasteiger charge is 2.25. The Morgan fingerprint density at radius 2 is 1.83 bits per heavy atom. The number of methoxy groups -OCH3 is 2. The number of benzene rings is 1. The topological polar surface area (TPSA) is 34.6 Å². The van der Waals surface area contributed by atoms with Crippen molar-refractivity contribution in [2.24, 2.45) is 0 Å². The summed E-state index contributed by atoms with van der Waals surface area (Å²) < 4.78 is 10.8. The van der Waals surface area contributed by atoms with Crippen molar-refractivity contribution in [3.05, 3.63) is 57.7 Å². The summed E-state index contributed by atoms with van der Waals surface area (Å²) in [6, 6.07) is 9.34. The van der Waals surface area contributed by atoms with Gasteiger partial charge in [-0.25, -0.2) is 4.98 Å². The van der Waals surface area contributed by atoms with Crippen LogP contribution in [-0.2, 0) is 9.47 Å². The van der Waals surface area contributed by atoms with Gasteiger partial charge >= 0.3 is 0 Å². The van der Waals surface area contributed by atoms with E-state index in [9.17, 15) is 0 Å². The Hall–Kier alpha value is -1.59. The molecule has 2 heterocycles. The highest BCUT2D eigenvalue weighted by Crippen LogP contribution is 2.36. The SMILES string of the molecule is COC(OC)C1=Cc2cccnc2N(c2cc(Cl)cc(Cl)c2)C1. The van der Waals surface area contributed by atoms with E-state index >= 15 is 0 Å². The lowest BCUT2D eigenvalue weighted by molar-refractivity contribution is -0.0747. The molecule has 0 fully saturated rings. The lowest BCUT2D eigenvalue weighted by atomic mass is 10.0. The van der Waals surface area contributed by atoms with Crippen LogP contribution in [0.1, 0.15) is 5.56 Å². The van der Waals surface area contributed by atoms with E-state index in [1.54, 1.807) is 26.5 Å². The summed E-state index contributed by atoms with van der Waals surface area (Å²) in [4.78, 5) is 6.54. The second kappa shape index (κ2) is 6.89. The number of nitrogens with zero attached hydrogens (tertiary/aromatic N) is 2. The first-order chi connectivity index (χ1) is 11.1. The summed E-state index contributed by atoms with van der Waals surface area (Å²) >= 11 is 12.3. The fourth-order valence-electron chi connectivity index (χ4n) is 2.70. The Morgan fingerprint density at radius 1 is 1.13 bits per heavy atom. The molecule has 6 heteroatoms. The van der Waals surface area contributed by atoms with Crippen molar-refractivity contribution in [1.82, 2.24) is 4.98 Å². The van der Waals surface area contributed by atoms with Crippen LogP contribution in [0.5, 0.6) is 0 Å². The second-order valence-corrected chi connectivity index (χ2v) is 6.03. The summed E-state index contributed by atoms with van der Waals surface area (Å²) in [5, 5.41) is 1.16. The molecule has 0 bridgehead atoms. The van der Waals surface area contributed by atoms with Crippen LogP contribution >= 0.6 is 23.2 Å². The monoisotopic (exact) mass is 350 g/mol. The maximum absolute atomic E-state index is 6.15. The van der Waals surface area contributed by atoms with Crippen molar-refractivity contribution in [2.45, 2.75) is 6.29 Å². The molecule has 1 aliphatic rings. The maximum Gasteiger partial charge on any atom is 0.181 e. The van der Waals surface area contributed by atoms with Gasteiger partial charge in [-0.2, -0.15) is 0 Å². The van der Waals surface area contributed by atoms with E-state index in [0.29, 0.717) is 16.6 Å². The van der Waals surface area contributed by atoms with E-state index in [1.807, 2.05) is 35.2 Å². The molecule has 4 nitrogen and oxygen atoms in total. The first kappa shape index (κ1) is 16.3. The number of hydrogen-bond donors (Lipinski definition) is 0. The number of anilines is 2. The zero-order chi connectivity index (χ0) is 16.4. The molecule has 0 spiro atoms. The van der Waals surface area contributed by atoms with Gasteiger partial charge in [0.2, 0.25) is 0 Å². The van der Waals surface area contributed by atoms with Gasteiger partial charge in [-0.05, 0) is 36.4 Å². The molecule has 1 aliphatic heterocycles. The Labute approximate surface area is 145 Å². The zero-order valence-corrected chi connectivity index (χ0v) is 14.3. The van der Waals surface area contributed by atoms with Gasteiger partial charge < -0.3 is 14.4 Å². The smallest absolute Gasteiger partial charge is 0.181 e. The number of halogens is 2. The molecule has 0 aliphatic carbocycles. The molecule has 2 aromatic rings. The van der Waals surface area contributed by atoms with E-state index < -0.39 is 6.29 Å². The number of aromatic nitrogens is 1. The van der Waals surface area contributed by atoms with Gasteiger partial charge in [-0.3, -0.25) is 0 Å². The van der Waals surface area contributed by atoms with Crippen molar-refractivity contribution in [3.8, 4) is 0 Å². The van der Waals surface area contributed by atoms with Crippen LogP contribution < -0.4 is 4.90 Å². The number of ether oxygens (including phenoxy) is 2. The second-order valence-electron chi connectivity index (χ2n) is 5.15. The molecular weight excluding hydrogens is 335 g/mol. The van der Waals surface area contributed by atoms with Crippen molar-refractivity contribution in [1.29, 1.82) is 0 Å². The predicted octanol–water partition coefficient (Wildman–Crippen LogP) is 4.54. The number of rotatable bonds is 4. The summed E-state index contributed by atoms with van der Waals surface area (Å²) in [6.45, 7) is 0.576. The number of hydrogen-bond acceptors (Lipinski definition) is 4. The molecule has 0 unspecified atom stereocenters. The van der Waals surface area contributed by atoms with Crippen molar-refractivity contribution in [3.63, 3.8) is 0 Å². The van der Waals surface area contributed by atoms with Crippen molar-refractivity contribution >= 4 is 40.8 Å². The lowest BCUT2D eigenvalue weighted by Gasteiger charge is -2.32. The third-order valence-electron chi connectivity index (χ3n) is 3.64. The molecule has 0 amide bonds. The molecule has 0 N–H and O–H groups in total. The van der Waals surface area contributed by atoms with E-state index in [4.69, 9.17) is 32.7 Å². The Balaban J connectivity index is 2.09. The highest BCUT2D eigenvalue weighted by atomic mass is 35.5. The van der Waals surface area contributed by atoms with Crippen LogP contribution in [0.3, 0.4) is 0 Å². The predicted molar refractivity (Wildman–Crippen MR) is 93.5 cm³/mol. The quantitative estimate of drug-likeness (QED) is 0.758. The van der Waals surface area contributed by atoms with Gasteiger partial charge in [-0.15, -0.1) is 0 Å². The minimum absolute atomic E-state index is 0.416. The Bertz CT molecular complexity index is 725. The largest absolute Gasteiger partial charge is 0.352 e. The Kier molecular flexibility index (Phi) is 4.87. The number of fused-ring (bicyclic) bond motifs is 1. The Morgan fingerprint density at radius 3 is 2.48 bits per heavy atom. The van der Waals surface area contributed by atoms with Gasteiger partial charge in [0.25, 0.3) is 0 Å². The van der Waals surface area contributed by atoms with E-state index in [-0.39, 0.29) is 0 Å². The molecule has 1 aromatic carbocycles. The van der Waals surface area contributed by atoms with Gasteiger partial charge in [0.05, 0.1) is 6.54 Å². The van der Waals surface area contributed by atoms with Crippen LogP contribution in [0.4, 0.5) is 11.5 Å². The third-order valence-corrected chi connectivity index (χ3v) is 4.08. The fourth-order valence-corrected chi connectivity index (χ4v) is 3.22. The van der Waals surface area contributed by atoms with Crippen molar-refractivity contribution in [2.75, 3.05) is 25.7 Å². The molecule has 23 heavy (non-hydrogen) atoms. The molecule has 0 saturated carbocycles. The van der Waals surface area contributed by atoms with Crippen LogP contribution in [0.25, 0.3) is 6.08 Å². The number of pyridine rings is 1.